The van der Waals surface area contributed by atoms with Crippen LogP contribution in [0.3, 0.4) is 0 Å². The number of carbonyl (C=O) groups is 1. The fourth-order valence-corrected chi connectivity index (χ4v) is 0.921. The van der Waals surface area contributed by atoms with Gasteiger partial charge in [0.2, 0.25) is 0 Å². The summed E-state index contributed by atoms with van der Waals surface area (Å²) in [6, 6.07) is 1.69. The Morgan fingerprint density at radius 1 is 1.57 bits per heavy atom. The van der Waals surface area contributed by atoms with Crippen LogP contribution < -0.4 is 0 Å². The summed E-state index contributed by atoms with van der Waals surface area (Å²) in [6.45, 7) is 1.54. The summed E-state index contributed by atoms with van der Waals surface area (Å²) >= 11 is 0. The van der Waals surface area contributed by atoms with Gasteiger partial charge in [-0.15, -0.1) is 0 Å². The first-order valence-corrected chi connectivity index (χ1v) is 4.30. The number of pyridine rings is 1. The second-order valence-electron chi connectivity index (χ2n) is 2.79. The Morgan fingerprint density at radius 3 is 3.00 bits per heavy atom. The number of hydrogen-bond acceptors (Lipinski definition) is 3. The molecule has 0 fully saturated rings. The highest BCUT2D eigenvalue weighted by Gasteiger charge is 1.98. The Labute approximate surface area is 82.8 Å². The van der Waals surface area contributed by atoms with E-state index in [-0.39, 0.29) is 12.4 Å². The molecule has 1 aromatic rings. The van der Waals surface area contributed by atoms with Crippen LogP contribution in [0, 0.1) is 11.8 Å². The van der Waals surface area contributed by atoms with Gasteiger partial charge in [-0.25, -0.2) is 0 Å². The van der Waals surface area contributed by atoms with Crippen molar-refractivity contribution in [3.8, 4) is 11.8 Å². The van der Waals surface area contributed by atoms with Gasteiger partial charge in [-0.2, -0.15) is 0 Å². The standard InChI is InChI=1S/C11H11NO2/c1-9(14)11-6-10(7-12-8-11)4-2-3-5-13/h6-8,13H,3,5H2,1H3. The summed E-state index contributed by atoms with van der Waals surface area (Å²) in [5, 5.41) is 8.51. The number of rotatable bonds is 2. The van der Waals surface area contributed by atoms with Gasteiger partial charge in [-0.1, -0.05) is 11.8 Å². The Bertz CT molecular complexity index is 388. The molecule has 0 aromatic carbocycles. The van der Waals surface area contributed by atoms with Gasteiger partial charge in [-0.05, 0) is 13.0 Å². The molecular weight excluding hydrogens is 178 g/mol. The summed E-state index contributed by atoms with van der Waals surface area (Å²) in [5.74, 6) is 5.56. The molecule has 0 amide bonds. The Hall–Kier alpha value is -1.66. The van der Waals surface area contributed by atoms with Gasteiger partial charge < -0.3 is 5.11 Å². The zero-order valence-corrected chi connectivity index (χ0v) is 7.95. The second-order valence-corrected chi connectivity index (χ2v) is 2.79. The van der Waals surface area contributed by atoms with Crippen LogP contribution in [0.25, 0.3) is 0 Å². The number of Topliss-reactive ketones (excluding diaryl/α,β-unsaturated/α-hetero) is 1. The van der Waals surface area contributed by atoms with Crippen molar-refractivity contribution >= 4 is 5.78 Å². The summed E-state index contributed by atoms with van der Waals surface area (Å²) in [7, 11) is 0. The highest BCUT2D eigenvalue weighted by Crippen LogP contribution is 2.01. The van der Waals surface area contributed by atoms with Gasteiger partial charge in [0, 0.05) is 29.9 Å². The zero-order chi connectivity index (χ0) is 10.4. The predicted molar refractivity (Wildman–Crippen MR) is 52.8 cm³/mol. The topological polar surface area (TPSA) is 50.2 Å². The van der Waals surface area contributed by atoms with Gasteiger partial charge in [0.15, 0.2) is 5.78 Å². The Balaban J connectivity index is 2.85. The van der Waals surface area contributed by atoms with E-state index in [1.54, 1.807) is 12.3 Å². The Morgan fingerprint density at radius 2 is 2.36 bits per heavy atom. The first-order chi connectivity index (χ1) is 6.74. The number of nitrogens with zero attached hydrogens (tertiary/aromatic N) is 1. The highest BCUT2D eigenvalue weighted by atomic mass is 16.2. The monoisotopic (exact) mass is 189 g/mol. The number of aromatic nitrogens is 1. The van der Waals surface area contributed by atoms with Crippen molar-refractivity contribution in [3.63, 3.8) is 0 Å². The second kappa shape index (κ2) is 5.15. The molecule has 0 unspecified atom stereocenters. The maximum atomic E-state index is 11.0. The van der Waals surface area contributed by atoms with Gasteiger partial charge in [0.05, 0.1) is 6.61 Å². The lowest BCUT2D eigenvalue weighted by Crippen LogP contribution is -1.93. The van der Waals surface area contributed by atoms with Crippen molar-refractivity contribution in [2.45, 2.75) is 13.3 Å². The Kier molecular flexibility index (Phi) is 3.84. The molecule has 0 aliphatic heterocycles. The predicted octanol–water partition coefficient (Wildman–Crippen LogP) is 1.02. The first kappa shape index (κ1) is 10.4. The summed E-state index contributed by atoms with van der Waals surface area (Å²) in [5.41, 5.74) is 1.26. The molecule has 1 N–H and O–H groups in total. The molecule has 0 saturated carbocycles. The molecule has 1 rings (SSSR count). The minimum absolute atomic E-state index is 0.0247. The number of aliphatic hydroxyl groups is 1. The van der Waals surface area contributed by atoms with E-state index in [1.807, 2.05) is 0 Å². The third kappa shape index (κ3) is 3.00. The lowest BCUT2D eigenvalue weighted by atomic mass is 10.1. The van der Waals surface area contributed by atoms with Crippen LogP contribution in [0.4, 0.5) is 0 Å². The average Bonchev–Trinajstić information content (AvgIpc) is 2.19. The summed E-state index contributed by atoms with van der Waals surface area (Å²) in [4.78, 5) is 14.9. The summed E-state index contributed by atoms with van der Waals surface area (Å²) in [6.07, 6.45) is 3.54. The minimum Gasteiger partial charge on any atom is -0.395 e. The van der Waals surface area contributed by atoms with Gasteiger partial charge in [-0.3, -0.25) is 9.78 Å². The third-order valence-electron chi connectivity index (χ3n) is 1.61. The normalized spacial score (nSPS) is 9.00. The van der Waals surface area contributed by atoms with E-state index in [2.05, 4.69) is 16.8 Å². The van der Waals surface area contributed by atoms with Crippen molar-refractivity contribution in [2.75, 3.05) is 6.61 Å². The number of ketones is 1. The molecule has 0 spiro atoms. The fraction of sp³-hybridized carbons (Fsp3) is 0.273. The van der Waals surface area contributed by atoms with E-state index >= 15 is 0 Å². The lowest BCUT2D eigenvalue weighted by molar-refractivity contribution is 0.101. The van der Waals surface area contributed by atoms with Crippen molar-refractivity contribution in [1.29, 1.82) is 0 Å². The van der Waals surface area contributed by atoms with Crippen LogP contribution in [0.2, 0.25) is 0 Å². The fourth-order valence-electron chi connectivity index (χ4n) is 0.921. The maximum Gasteiger partial charge on any atom is 0.161 e. The smallest absolute Gasteiger partial charge is 0.161 e. The molecule has 3 heteroatoms. The zero-order valence-electron chi connectivity index (χ0n) is 7.95. The van der Waals surface area contributed by atoms with Crippen molar-refractivity contribution in [1.82, 2.24) is 4.98 Å². The number of aliphatic hydroxyl groups excluding tert-OH is 1. The molecule has 0 aliphatic rings. The molecule has 0 saturated heterocycles. The average molecular weight is 189 g/mol. The van der Waals surface area contributed by atoms with Gasteiger partial charge >= 0.3 is 0 Å². The van der Waals surface area contributed by atoms with E-state index in [0.717, 1.165) is 0 Å². The van der Waals surface area contributed by atoms with E-state index in [4.69, 9.17) is 5.11 Å². The number of carbonyl (C=O) groups excluding carboxylic acids is 1. The molecule has 0 aliphatic carbocycles. The first-order valence-electron chi connectivity index (χ1n) is 4.30. The highest BCUT2D eigenvalue weighted by molar-refractivity contribution is 5.93. The lowest BCUT2D eigenvalue weighted by Gasteiger charge is -1.94. The molecule has 72 valence electrons. The third-order valence-corrected chi connectivity index (χ3v) is 1.61. The number of hydrogen-bond donors (Lipinski definition) is 1. The van der Waals surface area contributed by atoms with Gasteiger partial charge in [0.1, 0.15) is 0 Å². The van der Waals surface area contributed by atoms with E-state index < -0.39 is 0 Å². The van der Waals surface area contributed by atoms with Crippen molar-refractivity contribution < 1.29 is 9.90 Å². The van der Waals surface area contributed by atoms with Crippen molar-refractivity contribution in [3.05, 3.63) is 29.6 Å². The molecule has 0 atom stereocenters. The van der Waals surface area contributed by atoms with Crippen LogP contribution >= 0.6 is 0 Å². The molecule has 3 nitrogen and oxygen atoms in total. The van der Waals surface area contributed by atoms with E-state index in [0.29, 0.717) is 17.5 Å². The largest absolute Gasteiger partial charge is 0.395 e. The van der Waals surface area contributed by atoms with Crippen LogP contribution in [-0.4, -0.2) is 22.5 Å². The van der Waals surface area contributed by atoms with E-state index in [9.17, 15) is 4.79 Å². The van der Waals surface area contributed by atoms with Crippen LogP contribution in [0.15, 0.2) is 18.5 Å². The molecule has 1 heterocycles. The molecule has 0 radical (unpaired) electrons. The molecule has 1 aromatic heterocycles. The molecule has 0 bridgehead atoms. The quantitative estimate of drug-likeness (QED) is 0.558. The minimum atomic E-state index is -0.0247. The molecular formula is C11H11NO2. The SMILES string of the molecule is CC(=O)c1cncc(C#CCCO)c1. The van der Waals surface area contributed by atoms with Crippen LogP contribution in [0.1, 0.15) is 29.3 Å². The van der Waals surface area contributed by atoms with Gasteiger partial charge in [0.25, 0.3) is 0 Å². The molecule has 14 heavy (non-hydrogen) atoms. The van der Waals surface area contributed by atoms with Crippen LogP contribution in [-0.2, 0) is 0 Å². The van der Waals surface area contributed by atoms with Crippen LogP contribution in [0.5, 0.6) is 0 Å². The summed E-state index contributed by atoms with van der Waals surface area (Å²) < 4.78 is 0. The maximum absolute atomic E-state index is 11.0. The van der Waals surface area contributed by atoms with Crippen molar-refractivity contribution in [2.24, 2.45) is 0 Å². The van der Waals surface area contributed by atoms with E-state index in [1.165, 1.54) is 13.1 Å².